The molecule has 3 aromatic carbocycles. The molecule has 0 aliphatic carbocycles. The van der Waals surface area contributed by atoms with Gasteiger partial charge < -0.3 is 14.8 Å². The van der Waals surface area contributed by atoms with Gasteiger partial charge in [-0.15, -0.1) is 0 Å². The minimum absolute atomic E-state index is 0.314. The largest absolute Gasteiger partial charge is 0.497 e. The fourth-order valence-corrected chi connectivity index (χ4v) is 3.31. The maximum atomic E-state index is 12.6. The second kappa shape index (κ2) is 8.21. The van der Waals surface area contributed by atoms with Crippen molar-refractivity contribution in [3.63, 3.8) is 0 Å². The molecule has 0 saturated heterocycles. The van der Waals surface area contributed by atoms with E-state index in [9.17, 15) is 9.59 Å². The van der Waals surface area contributed by atoms with E-state index < -0.39 is 18.5 Å². The lowest BCUT2D eigenvalue weighted by atomic mass is 10.1. The van der Waals surface area contributed by atoms with E-state index in [0.29, 0.717) is 22.7 Å². The number of hydrogen-bond donors (Lipinski definition) is 1. The highest BCUT2D eigenvalue weighted by molar-refractivity contribution is 6.03. The van der Waals surface area contributed by atoms with Crippen molar-refractivity contribution in [2.24, 2.45) is 0 Å². The Morgan fingerprint density at radius 3 is 2.60 bits per heavy atom. The summed E-state index contributed by atoms with van der Waals surface area (Å²) >= 11 is 0. The summed E-state index contributed by atoms with van der Waals surface area (Å²) in [6.45, 7) is 1.34. The lowest BCUT2D eigenvalue weighted by Gasteiger charge is -2.11. The predicted octanol–water partition coefficient (Wildman–Crippen LogP) is 4.50. The number of anilines is 1. The maximum Gasteiger partial charge on any atom is 0.340 e. The fourth-order valence-electron chi connectivity index (χ4n) is 3.31. The van der Waals surface area contributed by atoms with Crippen LogP contribution in [0.5, 0.6) is 5.75 Å². The first-order valence-electron chi connectivity index (χ1n) is 9.45. The number of esters is 1. The number of nitrogens with one attached hydrogen (secondary N) is 1. The van der Waals surface area contributed by atoms with Crippen molar-refractivity contribution in [3.8, 4) is 5.75 Å². The Morgan fingerprint density at radius 1 is 0.967 bits per heavy atom. The molecule has 1 aromatic heterocycles. The van der Waals surface area contributed by atoms with Crippen LogP contribution in [0.15, 0.2) is 66.7 Å². The van der Waals surface area contributed by atoms with Crippen molar-refractivity contribution in [3.05, 3.63) is 78.0 Å². The second-order valence-electron chi connectivity index (χ2n) is 6.83. The number of carbonyl (C=O) groups is 2. The van der Waals surface area contributed by atoms with Gasteiger partial charge in [0.25, 0.3) is 5.91 Å². The third-order valence-electron chi connectivity index (χ3n) is 4.83. The van der Waals surface area contributed by atoms with Crippen LogP contribution in [-0.4, -0.2) is 30.6 Å². The summed E-state index contributed by atoms with van der Waals surface area (Å²) in [5.74, 6) is -0.340. The number of carbonyl (C=O) groups excluding carboxylic acids is 2. The summed E-state index contributed by atoms with van der Waals surface area (Å²) < 4.78 is 10.5. The highest BCUT2D eigenvalue weighted by atomic mass is 16.5. The van der Waals surface area contributed by atoms with Crippen molar-refractivity contribution in [1.29, 1.82) is 0 Å². The van der Waals surface area contributed by atoms with E-state index in [1.54, 1.807) is 26.2 Å². The van der Waals surface area contributed by atoms with Crippen LogP contribution in [-0.2, 0) is 9.53 Å². The van der Waals surface area contributed by atoms with E-state index in [4.69, 9.17) is 9.47 Å². The molecule has 6 heteroatoms. The molecule has 1 heterocycles. The van der Waals surface area contributed by atoms with Gasteiger partial charge in [-0.2, -0.15) is 0 Å². The Morgan fingerprint density at radius 2 is 1.77 bits per heavy atom. The van der Waals surface area contributed by atoms with E-state index in [-0.39, 0.29) is 0 Å². The van der Waals surface area contributed by atoms with Crippen molar-refractivity contribution in [2.45, 2.75) is 6.92 Å². The Kier molecular flexibility index (Phi) is 5.30. The van der Waals surface area contributed by atoms with E-state index in [1.165, 1.54) is 0 Å². The monoisotopic (exact) mass is 400 g/mol. The molecule has 0 aliphatic rings. The van der Waals surface area contributed by atoms with Crippen LogP contribution in [0.2, 0.25) is 0 Å². The molecule has 0 aliphatic heterocycles. The number of aromatic nitrogens is 1. The zero-order valence-corrected chi connectivity index (χ0v) is 16.6. The average molecular weight is 400 g/mol. The quantitative estimate of drug-likeness (QED) is 0.499. The predicted molar refractivity (Wildman–Crippen MR) is 116 cm³/mol. The zero-order chi connectivity index (χ0) is 21.1. The number of hydrogen-bond acceptors (Lipinski definition) is 5. The van der Waals surface area contributed by atoms with Crippen molar-refractivity contribution < 1.29 is 19.1 Å². The van der Waals surface area contributed by atoms with Crippen LogP contribution in [0.25, 0.3) is 21.7 Å². The average Bonchev–Trinajstić information content (AvgIpc) is 2.77. The van der Waals surface area contributed by atoms with Gasteiger partial charge in [-0.25, -0.2) is 4.79 Å². The first-order valence-corrected chi connectivity index (χ1v) is 9.45. The Bertz CT molecular complexity index is 1260. The van der Waals surface area contributed by atoms with E-state index in [1.807, 2.05) is 54.6 Å². The van der Waals surface area contributed by atoms with Crippen LogP contribution >= 0.6 is 0 Å². The van der Waals surface area contributed by atoms with Crippen LogP contribution in [0.1, 0.15) is 16.1 Å². The molecule has 4 rings (SSSR count). The van der Waals surface area contributed by atoms with Gasteiger partial charge >= 0.3 is 5.97 Å². The number of methoxy groups -OCH3 is 1. The van der Waals surface area contributed by atoms with Gasteiger partial charge in [0, 0.05) is 16.5 Å². The summed E-state index contributed by atoms with van der Waals surface area (Å²) in [4.78, 5) is 29.4. The number of fused-ring (bicyclic) bond motifs is 2. The van der Waals surface area contributed by atoms with Crippen molar-refractivity contribution in [1.82, 2.24) is 4.98 Å². The minimum Gasteiger partial charge on any atom is -0.497 e. The molecule has 0 spiro atoms. The van der Waals surface area contributed by atoms with Crippen LogP contribution in [0.3, 0.4) is 0 Å². The number of aryl methyl sites for hydroxylation is 1. The molecule has 6 nitrogen and oxygen atoms in total. The van der Waals surface area contributed by atoms with E-state index in [0.717, 1.165) is 21.7 Å². The van der Waals surface area contributed by atoms with E-state index in [2.05, 4.69) is 10.3 Å². The molecule has 1 amide bonds. The molecule has 0 fully saturated rings. The third-order valence-corrected chi connectivity index (χ3v) is 4.83. The highest BCUT2D eigenvalue weighted by Crippen LogP contribution is 2.24. The molecule has 0 radical (unpaired) electrons. The zero-order valence-electron chi connectivity index (χ0n) is 16.6. The number of amides is 1. The third kappa shape index (κ3) is 3.93. The summed E-state index contributed by atoms with van der Waals surface area (Å²) in [5.41, 5.74) is 2.27. The molecule has 4 aromatic rings. The summed E-state index contributed by atoms with van der Waals surface area (Å²) in [6, 6.07) is 20.5. The molecule has 1 N–H and O–H groups in total. The topological polar surface area (TPSA) is 77.5 Å². The standard InChI is InChI=1S/C24H20N2O4/c1-15-20(13-17-12-18(29-2)10-11-21(17)25-15)24(28)30-14-23(27)26-22-9-5-7-16-6-3-4-8-19(16)22/h3-13H,14H2,1-2H3,(H,26,27). The van der Waals surface area contributed by atoms with Crippen molar-refractivity contribution in [2.75, 3.05) is 19.0 Å². The number of pyridine rings is 1. The summed E-state index contributed by atoms with van der Waals surface area (Å²) in [7, 11) is 1.58. The Labute approximate surface area is 173 Å². The van der Waals surface area contributed by atoms with Gasteiger partial charge in [-0.05, 0) is 42.6 Å². The fraction of sp³-hybridized carbons (Fsp3) is 0.125. The molecule has 30 heavy (non-hydrogen) atoms. The number of nitrogens with zero attached hydrogens (tertiary/aromatic N) is 1. The summed E-state index contributed by atoms with van der Waals surface area (Å²) in [5, 5.41) is 5.49. The van der Waals surface area contributed by atoms with Crippen LogP contribution in [0, 0.1) is 6.92 Å². The van der Waals surface area contributed by atoms with Gasteiger partial charge in [0.05, 0.1) is 23.9 Å². The molecular formula is C24H20N2O4. The molecule has 0 unspecified atom stereocenters. The number of rotatable bonds is 5. The molecule has 150 valence electrons. The lowest BCUT2D eigenvalue weighted by Crippen LogP contribution is -2.21. The Hall–Kier alpha value is -3.93. The lowest BCUT2D eigenvalue weighted by molar-refractivity contribution is -0.119. The van der Waals surface area contributed by atoms with E-state index >= 15 is 0 Å². The number of benzene rings is 3. The van der Waals surface area contributed by atoms with Crippen LogP contribution < -0.4 is 10.1 Å². The summed E-state index contributed by atoms with van der Waals surface area (Å²) in [6.07, 6.45) is 0. The molecule has 0 atom stereocenters. The highest BCUT2D eigenvalue weighted by Gasteiger charge is 2.16. The molecule has 0 bridgehead atoms. The van der Waals surface area contributed by atoms with Gasteiger partial charge in [0.2, 0.25) is 0 Å². The molecule has 0 saturated carbocycles. The van der Waals surface area contributed by atoms with Gasteiger partial charge in [0.1, 0.15) is 5.75 Å². The SMILES string of the molecule is COc1ccc2nc(C)c(C(=O)OCC(=O)Nc3cccc4ccccc34)cc2c1. The van der Waals surface area contributed by atoms with Crippen molar-refractivity contribution >= 4 is 39.2 Å². The second-order valence-corrected chi connectivity index (χ2v) is 6.83. The van der Waals surface area contributed by atoms with Gasteiger partial charge in [-0.1, -0.05) is 36.4 Å². The maximum absolute atomic E-state index is 12.6. The number of ether oxygens (including phenoxy) is 2. The van der Waals surface area contributed by atoms with Gasteiger partial charge in [0.15, 0.2) is 6.61 Å². The first-order chi connectivity index (χ1) is 14.5. The van der Waals surface area contributed by atoms with Crippen LogP contribution in [0.4, 0.5) is 5.69 Å². The Balaban J connectivity index is 1.47. The first kappa shape index (κ1) is 19.4. The smallest absolute Gasteiger partial charge is 0.340 e. The molecular weight excluding hydrogens is 380 g/mol. The minimum atomic E-state index is -0.599. The van der Waals surface area contributed by atoms with Gasteiger partial charge in [-0.3, -0.25) is 9.78 Å². The normalized spacial score (nSPS) is 10.7.